The van der Waals surface area contributed by atoms with Gasteiger partial charge in [0.25, 0.3) is 0 Å². The predicted octanol–water partition coefficient (Wildman–Crippen LogP) is 3.93. The van der Waals surface area contributed by atoms with Gasteiger partial charge in [-0.15, -0.1) is 0 Å². The van der Waals surface area contributed by atoms with Crippen molar-refractivity contribution in [3.8, 4) is 0 Å². The van der Waals surface area contributed by atoms with Gasteiger partial charge in [0, 0.05) is 18.9 Å². The first kappa shape index (κ1) is 13.7. The third-order valence-electron chi connectivity index (χ3n) is 2.05. The highest BCUT2D eigenvalue weighted by Gasteiger charge is 1.99. The zero-order valence-electron chi connectivity index (χ0n) is 10.7. The van der Waals surface area contributed by atoms with E-state index in [0.29, 0.717) is 0 Å². The van der Waals surface area contributed by atoms with Crippen LogP contribution >= 0.6 is 0 Å². The fourth-order valence-electron chi connectivity index (χ4n) is 1.29. The van der Waals surface area contributed by atoms with Crippen molar-refractivity contribution in [1.29, 1.82) is 0 Å². The molecule has 15 heavy (non-hydrogen) atoms. The summed E-state index contributed by atoms with van der Waals surface area (Å²) in [5.74, 6) is 0. The number of hydrogen-bond acceptors (Lipinski definition) is 1. The fourth-order valence-corrected chi connectivity index (χ4v) is 1.29. The van der Waals surface area contributed by atoms with Gasteiger partial charge < -0.3 is 4.57 Å². The summed E-state index contributed by atoms with van der Waals surface area (Å²) in [5.41, 5.74) is 3.52. The van der Waals surface area contributed by atoms with Crippen molar-refractivity contribution in [2.24, 2.45) is 7.05 Å². The molecular weight excluding hydrogens is 184 g/mol. The van der Waals surface area contributed by atoms with Crippen LogP contribution in [0.3, 0.4) is 0 Å². The summed E-state index contributed by atoms with van der Waals surface area (Å²) < 4.78 is 2.14. The molecule has 2 nitrogen and oxygen atoms in total. The Hall–Kier alpha value is -1.31. The average Bonchev–Trinajstić information content (AvgIpc) is 2.61. The van der Waals surface area contributed by atoms with Gasteiger partial charge >= 0.3 is 0 Å². The lowest BCUT2D eigenvalue weighted by Gasteiger charge is -1.95. The topological polar surface area (TPSA) is 17.8 Å². The maximum atomic E-state index is 4.24. The highest BCUT2D eigenvalue weighted by molar-refractivity contribution is 5.76. The normalized spacial score (nSPS) is 8.67. The number of hydrogen-bond donors (Lipinski definition) is 0. The Balaban J connectivity index is 0.000000442. The Morgan fingerprint density at radius 2 is 1.73 bits per heavy atom. The first-order chi connectivity index (χ1) is 7.29. The molecule has 2 aromatic rings. The Morgan fingerprint density at radius 3 is 2.27 bits per heavy atom. The molecule has 2 heteroatoms. The molecule has 84 valence electrons. The second-order valence-electron chi connectivity index (χ2n) is 2.75. The van der Waals surface area contributed by atoms with Crippen molar-refractivity contribution >= 4 is 11.0 Å². The molecule has 0 aromatic carbocycles. The Morgan fingerprint density at radius 1 is 1.13 bits per heavy atom. The Labute approximate surface area is 93.0 Å². The smallest absolute Gasteiger partial charge is 0.0883 e. The van der Waals surface area contributed by atoms with E-state index in [1.807, 2.05) is 40.0 Å². The van der Waals surface area contributed by atoms with E-state index in [1.54, 1.807) is 0 Å². The van der Waals surface area contributed by atoms with E-state index >= 15 is 0 Å². The largest absolute Gasteiger partial charge is 0.347 e. The lowest BCUT2D eigenvalue weighted by atomic mass is 10.4. The molecule has 0 saturated carbocycles. The van der Waals surface area contributed by atoms with Gasteiger partial charge in [0.1, 0.15) is 0 Å². The van der Waals surface area contributed by atoms with Gasteiger partial charge in [-0.3, -0.25) is 4.98 Å². The molecule has 0 fully saturated rings. The molecule has 0 aliphatic carbocycles. The second-order valence-corrected chi connectivity index (χ2v) is 2.75. The van der Waals surface area contributed by atoms with Gasteiger partial charge in [-0.2, -0.15) is 0 Å². The van der Waals surface area contributed by atoms with Gasteiger partial charge in [-0.25, -0.2) is 0 Å². The van der Waals surface area contributed by atoms with Crippen LogP contribution in [0.1, 0.15) is 33.4 Å². The Bertz CT molecular complexity index is 388. The molecule has 0 spiro atoms. The van der Waals surface area contributed by atoms with E-state index in [1.165, 1.54) is 11.2 Å². The number of pyridine rings is 1. The summed E-state index contributed by atoms with van der Waals surface area (Å²) in [6, 6.07) is 6.13. The zero-order chi connectivity index (χ0) is 11.8. The third-order valence-corrected chi connectivity index (χ3v) is 2.05. The number of fused-ring (bicyclic) bond motifs is 1. The molecule has 2 heterocycles. The zero-order valence-corrected chi connectivity index (χ0v) is 10.7. The molecule has 0 unspecified atom stereocenters. The summed E-state index contributed by atoms with van der Waals surface area (Å²) in [7, 11) is 2.05. The summed E-state index contributed by atoms with van der Waals surface area (Å²) in [5, 5.41) is 0. The predicted molar refractivity (Wildman–Crippen MR) is 68.1 cm³/mol. The number of aryl methyl sites for hydroxylation is 2. The third kappa shape index (κ3) is 3.08. The fraction of sp³-hybridized carbons (Fsp3) is 0.462. The van der Waals surface area contributed by atoms with E-state index in [0.717, 1.165) is 5.52 Å². The summed E-state index contributed by atoms with van der Waals surface area (Å²) in [4.78, 5) is 4.24. The van der Waals surface area contributed by atoms with Crippen molar-refractivity contribution in [1.82, 2.24) is 9.55 Å². The van der Waals surface area contributed by atoms with Gasteiger partial charge in [0.15, 0.2) is 0 Å². The molecule has 0 aliphatic rings. The highest BCUT2D eigenvalue weighted by atomic mass is 15.0. The lowest BCUT2D eigenvalue weighted by molar-refractivity contribution is 0.918. The van der Waals surface area contributed by atoms with Crippen molar-refractivity contribution in [2.75, 3.05) is 0 Å². The Kier molecular flexibility index (Phi) is 6.43. The minimum Gasteiger partial charge on any atom is -0.347 e. The van der Waals surface area contributed by atoms with E-state index in [9.17, 15) is 0 Å². The van der Waals surface area contributed by atoms with Gasteiger partial charge in [0.05, 0.1) is 11.0 Å². The molecule has 0 amide bonds. The van der Waals surface area contributed by atoms with Crippen molar-refractivity contribution in [3.63, 3.8) is 0 Å². The lowest BCUT2D eigenvalue weighted by Crippen LogP contribution is -1.88. The minimum absolute atomic E-state index is 1.08. The van der Waals surface area contributed by atoms with Crippen molar-refractivity contribution in [2.45, 2.75) is 34.6 Å². The highest BCUT2D eigenvalue weighted by Crippen LogP contribution is 2.14. The monoisotopic (exact) mass is 206 g/mol. The first-order valence-electron chi connectivity index (χ1n) is 5.66. The molecule has 2 rings (SSSR count). The van der Waals surface area contributed by atoms with Gasteiger partial charge in [-0.1, -0.05) is 27.7 Å². The van der Waals surface area contributed by atoms with Crippen LogP contribution in [-0.4, -0.2) is 9.55 Å². The molecule has 0 radical (unpaired) electrons. The van der Waals surface area contributed by atoms with E-state index < -0.39 is 0 Å². The standard InChI is InChI=1S/C9H10N2.2C2H6/c1-7-6-8-9(11(7)2)4-3-5-10-8;2*1-2/h3-6H,1-2H3;2*1-2H3. The number of nitrogens with zero attached hydrogens (tertiary/aromatic N) is 2. The summed E-state index contributed by atoms with van der Waals surface area (Å²) in [6.45, 7) is 10.1. The van der Waals surface area contributed by atoms with E-state index in [-0.39, 0.29) is 0 Å². The molecule has 0 bridgehead atoms. The van der Waals surface area contributed by atoms with Crippen LogP contribution in [0.25, 0.3) is 11.0 Å². The van der Waals surface area contributed by atoms with Crippen LogP contribution in [0.5, 0.6) is 0 Å². The van der Waals surface area contributed by atoms with Crippen molar-refractivity contribution in [3.05, 3.63) is 30.1 Å². The van der Waals surface area contributed by atoms with Crippen LogP contribution in [0, 0.1) is 6.92 Å². The molecule has 2 aromatic heterocycles. The quantitative estimate of drug-likeness (QED) is 0.638. The molecule has 0 aliphatic heterocycles. The maximum Gasteiger partial charge on any atom is 0.0883 e. The second kappa shape index (κ2) is 7.04. The minimum atomic E-state index is 1.08. The van der Waals surface area contributed by atoms with E-state index in [4.69, 9.17) is 0 Å². The van der Waals surface area contributed by atoms with Gasteiger partial charge in [-0.05, 0) is 25.1 Å². The summed E-state index contributed by atoms with van der Waals surface area (Å²) >= 11 is 0. The van der Waals surface area contributed by atoms with Gasteiger partial charge in [0.2, 0.25) is 0 Å². The average molecular weight is 206 g/mol. The molecule has 0 atom stereocenters. The molecule has 0 N–H and O–H groups in total. The maximum absolute atomic E-state index is 4.24. The van der Waals surface area contributed by atoms with Crippen LogP contribution in [-0.2, 0) is 7.05 Å². The number of aromatic nitrogens is 2. The van der Waals surface area contributed by atoms with Crippen LogP contribution < -0.4 is 0 Å². The van der Waals surface area contributed by atoms with Crippen molar-refractivity contribution < 1.29 is 0 Å². The van der Waals surface area contributed by atoms with Crippen LogP contribution in [0.2, 0.25) is 0 Å². The molecular formula is C13H22N2. The SMILES string of the molecule is CC.CC.Cc1cc2ncccc2n1C. The van der Waals surface area contributed by atoms with Crippen LogP contribution in [0.15, 0.2) is 24.4 Å². The van der Waals surface area contributed by atoms with Crippen LogP contribution in [0.4, 0.5) is 0 Å². The summed E-state index contributed by atoms with van der Waals surface area (Å²) in [6.07, 6.45) is 1.82. The molecule has 0 saturated heterocycles. The first-order valence-corrected chi connectivity index (χ1v) is 5.66. The number of rotatable bonds is 0. The van der Waals surface area contributed by atoms with E-state index in [2.05, 4.69) is 35.7 Å².